The van der Waals surface area contributed by atoms with Crippen LogP contribution in [0.1, 0.15) is 25.0 Å². The molecule has 1 nitrogen and oxygen atoms in total. The Balaban J connectivity index is 1.55. The molecule has 1 heterocycles. The molecule has 0 atom stereocenters. The van der Waals surface area contributed by atoms with Gasteiger partial charge in [-0.1, -0.05) is 98.8 Å². The molecule has 34 heavy (non-hydrogen) atoms. The first kappa shape index (κ1) is 19.4. The lowest BCUT2D eigenvalue weighted by Gasteiger charge is -2.21. The monoisotopic (exact) mass is 435 g/mol. The van der Waals surface area contributed by atoms with Crippen LogP contribution in [0.15, 0.2) is 115 Å². The van der Waals surface area contributed by atoms with E-state index in [2.05, 4.69) is 134 Å². The Labute approximate surface area is 199 Å². The van der Waals surface area contributed by atoms with Crippen molar-refractivity contribution in [2.75, 3.05) is 0 Å². The smallest absolute Gasteiger partial charge is 0.0544 e. The maximum Gasteiger partial charge on any atom is 0.0544 e. The summed E-state index contributed by atoms with van der Waals surface area (Å²) in [4.78, 5) is 0. The number of para-hydroxylation sites is 1. The Morgan fingerprint density at radius 1 is 0.500 bits per heavy atom. The minimum absolute atomic E-state index is 0.0205. The molecule has 0 saturated carbocycles. The molecule has 0 saturated heterocycles. The Morgan fingerprint density at radius 3 is 2.12 bits per heavy atom. The van der Waals surface area contributed by atoms with Gasteiger partial charge in [-0.25, -0.2) is 0 Å². The van der Waals surface area contributed by atoms with Crippen molar-refractivity contribution >= 4 is 21.8 Å². The number of fused-ring (bicyclic) bond motifs is 6. The Bertz CT molecular complexity index is 1720. The summed E-state index contributed by atoms with van der Waals surface area (Å²) in [5.74, 6) is 0. The molecule has 162 valence electrons. The summed E-state index contributed by atoms with van der Waals surface area (Å²) in [6.07, 6.45) is 0. The summed E-state index contributed by atoms with van der Waals surface area (Å²) in [5, 5.41) is 2.61. The second-order valence-corrected chi connectivity index (χ2v) is 9.85. The van der Waals surface area contributed by atoms with Crippen LogP contribution in [-0.2, 0) is 5.41 Å². The SMILES string of the molecule is CC1(C)c2ccccc2-c2cc3c4ccccc4n(-c4cccc(-c5ccccc5)c4)c3cc21. The maximum atomic E-state index is 2.44. The molecule has 0 spiro atoms. The standard InChI is InChI=1S/C33H25N/c1-33(2)29-17-8-6-15-25(29)27-20-28-26-16-7-9-18-31(26)34(32(28)21-30(27)33)24-14-10-13-23(19-24)22-11-4-3-5-12-22/h3-21H,1-2H3. The summed E-state index contributed by atoms with van der Waals surface area (Å²) < 4.78 is 2.44. The molecule has 0 bridgehead atoms. The molecular weight excluding hydrogens is 410 g/mol. The highest BCUT2D eigenvalue weighted by Crippen LogP contribution is 2.50. The van der Waals surface area contributed by atoms with Crippen LogP contribution in [0, 0.1) is 0 Å². The average Bonchev–Trinajstić information content (AvgIpc) is 3.33. The quantitative estimate of drug-likeness (QED) is 0.256. The molecule has 5 aromatic carbocycles. The zero-order chi connectivity index (χ0) is 22.9. The molecular formula is C33H25N. The third-order valence-electron chi connectivity index (χ3n) is 7.59. The van der Waals surface area contributed by atoms with E-state index < -0.39 is 0 Å². The largest absolute Gasteiger partial charge is 0.309 e. The highest BCUT2D eigenvalue weighted by Gasteiger charge is 2.36. The topological polar surface area (TPSA) is 4.93 Å². The van der Waals surface area contributed by atoms with Crippen LogP contribution in [0.5, 0.6) is 0 Å². The van der Waals surface area contributed by atoms with Crippen LogP contribution in [0.2, 0.25) is 0 Å². The van der Waals surface area contributed by atoms with Crippen LogP contribution in [0.4, 0.5) is 0 Å². The molecule has 0 aliphatic heterocycles. The van der Waals surface area contributed by atoms with Crippen LogP contribution in [0.3, 0.4) is 0 Å². The van der Waals surface area contributed by atoms with E-state index >= 15 is 0 Å². The first-order valence-corrected chi connectivity index (χ1v) is 12.0. The molecule has 0 unspecified atom stereocenters. The second kappa shape index (κ2) is 6.95. The van der Waals surface area contributed by atoms with Gasteiger partial charge in [0.25, 0.3) is 0 Å². The Kier molecular flexibility index (Phi) is 3.96. The Morgan fingerprint density at radius 2 is 1.24 bits per heavy atom. The summed E-state index contributed by atoms with van der Waals surface area (Å²) in [5.41, 5.74) is 11.7. The molecule has 1 heteroatoms. The predicted octanol–water partition coefficient (Wildman–Crippen LogP) is 8.76. The summed E-state index contributed by atoms with van der Waals surface area (Å²) in [6, 6.07) is 42.1. The van der Waals surface area contributed by atoms with Crippen molar-refractivity contribution in [2.24, 2.45) is 0 Å². The number of benzene rings is 5. The molecule has 7 rings (SSSR count). The highest BCUT2D eigenvalue weighted by atomic mass is 15.0. The first-order chi connectivity index (χ1) is 16.6. The van der Waals surface area contributed by atoms with E-state index in [4.69, 9.17) is 0 Å². The normalized spacial score (nSPS) is 13.8. The van der Waals surface area contributed by atoms with Crippen molar-refractivity contribution in [1.82, 2.24) is 4.57 Å². The lowest BCUT2D eigenvalue weighted by Crippen LogP contribution is -2.14. The van der Waals surface area contributed by atoms with Gasteiger partial charge in [0.2, 0.25) is 0 Å². The van der Waals surface area contributed by atoms with Crippen LogP contribution < -0.4 is 0 Å². The van der Waals surface area contributed by atoms with Gasteiger partial charge in [-0.15, -0.1) is 0 Å². The van der Waals surface area contributed by atoms with Gasteiger partial charge in [0.1, 0.15) is 0 Å². The van der Waals surface area contributed by atoms with Gasteiger partial charge < -0.3 is 4.57 Å². The molecule has 6 aromatic rings. The third kappa shape index (κ3) is 2.61. The van der Waals surface area contributed by atoms with Crippen LogP contribution in [-0.4, -0.2) is 4.57 Å². The molecule has 1 aliphatic carbocycles. The van der Waals surface area contributed by atoms with Gasteiger partial charge in [-0.05, 0) is 63.7 Å². The number of hydrogen-bond donors (Lipinski definition) is 0. The summed E-state index contributed by atoms with van der Waals surface area (Å²) >= 11 is 0. The molecule has 0 N–H and O–H groups in total. The van der Waals surface area contributed by atoms with Gasteiger partial charge in [-0.2, -0.15) is 0 Å². The van der Waals surface area contributed by atoms with Crippen molar-refractivity contribution in [3.63, 3.8) is 0 Å². The van der Waals surface area contributed by atoms with Crippen molar-refractivity contribution in [2.45, 2.75) is 19.3 Å². The van der Waals surface area contributed by atoms with Crippen molar-refractivity contribution in [3.8, 4) is 27.9 Å². The van der Waals surface area contributed by atoms with Crippen LogP contribution >= 0.6 is 0 Å². The van der Waals surface area contributed by atoms with E-state index in [-0.39, 0.29) is 5.41 Å². The van der Waals surface area contributed by atoms with Crippen molar-refractivity contribution in [1.29, 1.82) is 0 Å². The predicted molar refractivity (Wildman–Crippen MR) is 144 cm³/mol. The summed E-state index contributed by atoms with van der Waals surface area (Å²) in [6.45, 7) is 4.71. The van der Waals surface area contributed by atoms with Gasteiger partial charge >= 0.3 is 0 Å². The second-order valence-electron chi connectivity index (χ2n) is 9.85. The highest BCUT2D eigenvalue weighted by molar-refractivity contribution is 6.11. The van der Waals surface area contributed by atoms with E-state index in [1.807, 2.05) is 0 Å². The molecule has 0 fully saturated rings. The number of aromatic nitrogens is 1. The maximum absolute atomic E-state index is 2.44. The van der Waals surface area contributed by atoms with E-state index in [0.717, 1.165) is 0 Å². The van der Waals surface area contributed by atoms with Gasteiger partial charge in [0.15, 0.2) is 0 Å². The third-order valence-corrected chi connectivity index (χ3v) is 7.59. The number of hydrogen-bond acceptors (Lipinski definition) is 0. The van der Waals surface area contributed by atoms with E-state index in [1.165, 1.54) is 60.9 Å². The fraction of sp³-hybridized carbons (Fsp3) is 0.0909. The van der Waals surface area contributed by atoms with Gasteiger partial charge in [0.05, 0.1) is 11.0 Å². The van der Waals surface area contributed by atoms with Crippen molar-refractivity contribution in [3.05, 3.63) is 126 Å². The fourth-order valence-electron chi connectivity index (χ4n) is 5.90. The average molecular weight is 436 g/mol. The van der Waals surface area contributed by atoms with E-state index in [0.29, 0.717) is 0 Å². The minimum Gasteiger partial charge on any atom is -0.309 e. The lowest BCUT2D eigenvalue weighted by atomic mass is 9.82. The Hall–Kier alpha value is -4.10. The van der Waals surface area contributed by atoms with Gasteiger partial charge in [0, 0.05) is 21.9 Å². The van der Waals surface area contributed by atoms with E-state index in [1.54, 1.807) is 0 Å². The zero-order valence-electron chi connectivity index (χ0n) is 19.4. The molecule has 1 aliphatic rings. The summed E-state index contributed by atoms with van der Waals surface area (Å²) in [7, 11) is 0. The molecule has 1 aromatic heterocycles. The van der Waals surface area contributed by atoms with Crippen molar-refractivity contribution < 1.29 is 0 Å². The first-order valence-electron chi connectivity index (χ1n) is 12.0. The number of rotatable bonds is 2. The van der Waals surface area contributed by atoms with Crippen LogP contribution in [0.25, 0.3) is 49.7 Å². The minimum atomic E-state index is -0.0205. The molecule has 0 radical (unpaired) electrons. The molecule has 0 amide bonds. The van der Waals surface area contributed by atoms with E-state index in [9.17, 15) is 0 Å². The van der Waals surface area contributed by atoms with Gasteiger partial charge in [-0.3, -0.25) is 0 Å². The number of nitrogens with zero attached hydrogens (tertiary/aromatic N) is 1. The zero-order valence-corrected chi connectivity index (χ0v) is 19.4. The lowest BCUT2D eigenvalue weighted by molar-refractivity contribution is 0.661. The fourth-order valence-corrected chi connectivity index (χ4v) is 5.90.